The maximum Gasteiger partial charge on any atom is 0.322 e. The van der Waals surface area contributed by atoms with Gasteiger partial charge in [0.25, 0.3) is 0 Å². The maximum absolute atomic E-state index is 14.0. The van der Waals surface area contributed by atoms with Gasteiger partial charge < -0.3 is 14.8 Å². The zero-order valence-electron chi connectivity index (χ0n) is 22.2. The molecular formula is C32H30ClN5O. The molecule has 0 radical (unpaired) electrons. The molecule has 196 valence electrons. The number of amides is 2. The van der Waals surface area contributed by atoms with Crippen molar-refractivity contribution in [2.75, 3.05) is 5.32 Å². The molecule has 7 heteroatoms. The number of hydrogen-bond acceptors (Lipinski definition) is 2. The molecule has 0 aliphatic carbocycles. The summed E-state index contributed by atoms with van der Waals surface area (Å²) in [4.78, 5) is 15.9. The fraction of sp³-hybridized carbons (Fsp3) is 0.188. The molecule has 3 aromatic carbocycles. The number of benzene rings is 3. The molecule has 1 atom stereocenters. The van der Waals surface area contributed by atoms with Crippen LogP contribution in [0.1, 0.15) is 53.9 Å². The topological polar surface area (TPSA) is 55.1 Å². The molecule has 2 amide bonds. The molecule has 2 aromatic heterocycles. The van der Waals surface area contributed by atoms with Crippen molar-refractivity contribution in [1.29, 1.82) is 0 Å². The Kier molecular flexibility index (Phi) is 6.49. The number of urea groups is 1. The van der Waals surface area contributed by atoms with Gasteiger partial charge in [0.1, 0.15) is 5.82 Å². The van der Waals surface area contributed by atoms with Crippen LogP contribution in [0.3, 0.4) is 0 Å². The molecule has 0 saturated carbocycles. The van der Waals surface area contributed by atoms with Crippen LogP contribution in [-0.4, -0.2) is 25.3 Å². The van der Waals surface area contributed by atoms with Crippen molar-refractivity contribution in [3.05, 3.63) is 130 Å². The van der Waals surface area contributed by atoms with E-state index in [2.05, 4.69) is 60.3 Å². The van der Waals surface area contributed by atoms with E-state index in [4.69, 9.17) is 16.7 Å². The lowest BCUT2D eigenvalue weighted by atomic mass is 9.97. The van der Waals surface area contributed by atoms with Gasteiger partial charge in [-0.25, -0.2) is 9.48 Å². The molecule has 6 nitrogen and oxygen atoms in total. The summed E-state index contributed by atoms with van der Waals surface area (Å²) in [5.41, 5.74) is 6.85. The second-order valence-electron chi connectivity index (χ2n) is 10.2. The molecular weight excluding hydrogens is 506 g/mol. The normalized spacial score (nSPS) is 14.6. The van der Waals surface area contributed by atoms with Crippen LogP contribution >= 0.6 is 11.6 Å². The summed E-state index contributed by atoms with van der Waals surface area (Å²) in [5.74, 6) is 1.37. The van der Waals surface area contributed by atoms with Crippen molar-refractivity contribution in [3.8, 4) is 11.5 Å². The number of anilines is 1. The molecule has 0 bridgehead atoms. The molecule has 1 N–H and O–H groups in total. The Bertz CT molecular complexity index is 1620. The molecule has 0 spiro atoms. The van der Waals surface area contributed by atoms with Crippen LogP contribution in [0.4, 0.5) is 10.5 Å². The number of para-hydroxylation sites is 1. The minimum atomic E-state index is -0.315. The van der Waals surface area contributed by atoms with E-state index >= 15 is 0 Å². The van der Waals surface area contributed by atoms with E-state index < -0.39 is 0 Å². The lowest BCUT2D eigenvalue weighted by Gasteiger charge is -2.31. The van der Waals surface area contributed by atoms with Gasteiger partial charge in [0.05, 0.1) is 29.7 Å². The summed E-state index contributed by atoms with van der Waals surface area (Å²) in [5, 5.41) is 8.64. The molecule has 0 fully saturated rings. The molecule has 5 aromatic rings. The maximum atomic E-state index is 14.0. The summed E-state index contributed by atoms with van der Waals surface area (Å²) in [6, 6.07) is 29.5. The van der Waals surface area contributed by atoms with Crippen LogP contribution in [-0.2, 0) is 6.54 Å². The van der Waals surface area contributed by atoms with Gasteiger partial charge in [0.2, 0.25) is 0 Å². The summed E-state index contributed by atoms with van der Waals surface area (Å²) < 4.78 is 4.16. The average Bonchev–Trinajstić information content (AvgIpc) is 3.51. The first-order chi connectivity index (χ1) is 18.9. The Morgan fingerprint density at radius 3 is 2.36 bits per heavy atom. The van der Waals surface area contributed by atoms with E-state index in [9.17, 15) is 4.79 Å². The highest BCUT2D eigenvalue weighted by atomic mass is 35.5. The van der Waals surface area contributed by atoms with E-state index in [1.807, 2.05) is 65.0 Å². The fourth-order valence-electron chi connectivity index (χ4n) is 5.29. The number of nitrogens with one attached hydrogen (secondary N) is 1. The van der Waals surface area contributed by atoms with Crippen molar-refractivity contribution in [3.63, 3.8) is 0 Å². The van der Waals surface area contributed by atoms with E-state index in [1.165, 1.54) is 5.56 Å². The predicted octanol–water partition coefficient (Wildman–Crippen LogP) is 7.89. The number of fused-ring (bicyclic) bond motifs is 3. The second kappa shape index (κ2) is 10.1. The Hall–Kier alpha value is -4.29. The molecule has 1 aliphatic heterocycles. The average molecular weight is 536 g/mol. The van der Waals surface area contributed by atoms with Crippen molar-refractivity contribution in [2.24, 2.45) is 0 Å². The van der Waals surface area contributed by atoms with E-state index in [-0.39, 0.29) is 12.1 Å². The number of rotatable bonds is 4. The van der Waals surface area contributed by atoms with E-state index in [0.29, 0.717) is 23.2 Å². The number of carbonyl (C=O) groups is 1. The number of carbonyl (C=O) groups excluding carboxylic acids is 1. The summed E-state index contributed by atoms with van der Waals surface area (Å²) in [7, 11) is 0. The Morgan fingerprint density at radius 2 is 1.67 bits per heavy atom. The number of halogens is 1. The van der Waals surface area contributed by atoms with Gasteiger partial charge in [-0.2, -0.15) is 5.10 Å². The summed E-state index contributed by atoms with van der Waals surface area (Å²) in [6.45, 7) is 6.78. The third-order valence-corrected chi connectivity index (χ3v) is 7.61. The highest BCUT2D eigenvalue weighted by Crippen LogP contribution is 2.39. The van der Waals surface area contributed by atoms with Gasteiger partial charge in [-0.05, 0) is 72.5 Å². The number of aromatic nitrogens is 3. The quantitative estimate of drug-likeness (QED) is 0.254. The van der Waals surface area contributed by atoms with Crippen LogP contribution in [0.25, 0.3) is 11.5 Å². The zero-order valence-corrected chi connectivity index (χ0v) is 22.9. The van der Waals surface area contributed by atoms with Crippen LogP contribution in [0.5, 0.6) is 0 Å². The van der Waals surface area contributed by atoms with Gasteiger partial charge in [0.15, 0.2) is 0 Å². The van der Waals surface area contributed by atoms with Gasteiger partial charge in [-0.15, -0.1) is 0 Å². The Labute approximate surface area is 233 Å². The Balaban J connectivity index is 1.52. The predicted molar refractivity (Wildman–Crippen MR) is 156 cm³/mol. The smallest absolute Gasteiger partial charge is 0.308 e. The highest BCUT2D eigenvalue weighted by molar-refractivity contribution is 6.30. The molecule has 39 heavy (non-hydrogen) atoms. The molecule has 6 rings (SSSR count). The molecule has 0 unspecified atom stereocenters. The molecule has 0 saturated heterocycles. The monoisotopic (exact) mass is 535 g/mol. The van der Waals surface area contributed by atoms with Gasteiger partial charge in [-0.3, -0.25) is 0 Å². The van der Waals surface area contributed by atoms with Gasteiger partial charge in [0, 0.05) is 22.5 Å². The third kappa shape index (κ3) is 4.61. The number of hydrogen-bond donors (Lipinski definition) is 1. The van der Waals surface area contributed by atoms with Crippen molar-refractivity contribution < 1.29 is 4.79 Å². The Morgan fingerprint density at radius 1 is 0.949 bits per heavy atom. The minimum absolute atomic E-state index is 0.192. The fourth-order valence-corrected chi connectivity index (χ4v) is 5.42. The molecule has 1 aliphatic rings. The SMILES string of the molecule is Cc1nn(-c2ccccc2)c2c1CN(C(=O)Nc1ccc(Cl)cc1)[C@@H](c1ccc(C(C)C)cc1)c1cccn1-2. The third-order valence-electron chi connectivity index (χ3n) is 7.36. The zero-order chi connectivity index (χ0) is 27.1. The van der Waals surface area contributed by atoms with Crippen LogP contribution in [0, 0.1) is 6.92 Å². The number of nitrogens with zero attached hydrogens (tertiary/aromatic N) is 4. The second-order valence-corrected chi connectivity index (χ2v) is 10.7. The summed E-state index contributed by atoms with van der Waals surface area (Å²) >= 11 is 6.09. The van der Waals surface area contributed by atoms with E-state index in [0.717, 1.165) is 34.0 Å². The lowest BCUT2D eigenvalue weighted by molar-refractivity contribution is 0.194. The van der Waals surface area contributed by atoms with Crippen molar-refractivity contribution >= 4 is 23.3 Å². The standard InChI is InChI=1S/C32H30ClN5O/c1-21(2)23-11-13-24(14-12-23)30-29-10-7-19-36(29)31-28(22(3)35-38(31)27-8-5-4-6-9-27)20-37(30)32(39)34-26-17-15-25(33)16-18-26/h4-19,21,30H,20H2,1-3H3,(H,34,39)/t30-/m0/s1. The van der Waals surface area contributed by atoms with Crippen molar-refractivity contribution in [2.45, 2.75) is 39.3 Å². The van der Waals surface area contributed by atoms with E-state index in [1.54, 1.807) is 12.1 Å². The lowest BCUT2D eigenvalue weighted by Crippen LogP contribution is -2.38. The highest BCUT2D eigenvalue weighted by Gasteiger charge is 2.36. The first-order valence-electron chi connectivity index (χ1n) is 13.2. The first kappa shape index (κ1) is 25.0. The van der Waals surface area contributed by atoms with Crippen LogP contribution in [0.15, 0.2) is 97.2 Å². The van der Waals surface area contributed by atoms with Gasteiger partial charge >= 0.3 is 6.03 Å². The van der Waals surface area contributed by atoms with Gasteiger partial charge in [-0.1, -0.05) is 67.9 Å². The van der Waals surface area contributed by atoms with Crippen molar-refractivity contribution in [1.82, 2.24) is 19.2 Å². The van der Waals surface area contributed by atoms with Crippen LogP contribution in [0.2, 0.25) is 5.02 Å². The number of aryl methyl sites for hydroxylation is 1. The first-order valence-corrected chi connectivity index (χ1v) is 13.5. The summed E-state index contributed by atoms with van der Waals surface area (Å²) in [6.07, 6.45) is 2.06. The largest absolute Gasteiger partial charge is 0.322 e. The minimum Gasteiger partial charge on any atom is -0.308 e. The molecule has 3 heterocycles. The van der Waals surface area contributed by atoms with Crippen LogP contribution < -0.4 is 5.32 Å².